The molecule has 4 heteroatoms. The molecule has 0 saturated heterocycles. The molecule has 2 fully saturated rings. The molecule has 2 aliphatic rings. The molecule has 0 heterocycles. The number of ether oxygens (including phenoxy) is 1. The Morgan fingerprint density at radius 2 is 1.53 bits per heavy atom. The van der Waals surface area contributed by atoms with E-state index in [0.717, 1.165) is 49.9 Å². The van der Waals surface area contributed by atoms with E-state index in [-0.39, 0.29) is 17.2 Å². The fraction of sp³-hybridized carbons (Fsp3) is 0.769. The Hall–Kier alpha value is -1.16. The van der Waals surface area contributed by atoms with E-state index >= 15 is 0 Å². The van der Waals surface area contributed by atoms with Gasteiger partial charge in [0.25, 0.3) is 0 Å². The summed E-state index contributed by atoms with van der Waals surface area (Å²) in [5.74, 6) is 0.512. The maximum Gasteiger partial charge on any atom is 0.200 e. The molecule has 1 aromatic rings. The fourth-order valence-electron chi connectivity index (χ4n) is 5.73. The number of unbranched alkanes of at least 4 members (excludes halogenated alkanes) is 1. The van der Waals surface area contributed by atoms with E-state index in [0.29, 0.717) is 6.61 Å². The number of aliphatic hydroxyl groups is 1. The molecule has 3 rings (SSSR count). The lowest BCUT2D eigenvalue weighted by Gasteiger charge is -2.39. The third-order valence-corrected chi connectivity index (χ3v) is 7.64. The van der Waals surface area contributed by atoms with Crippen LogP contribution in [0.1, 0.15) is 103 Å². The number of benzene rings is 1. The summed E-state index contributed by atoms with van der Waals surface area (Å²) in [4.78, 5) is 0. The van der Waals surface area contributed by atoms with Crippen LogP contribution in [0.5, 0.6) is 5.75 Å². The van der Waals surface area contributed by atoms with Crippen LogP contribution in [0.3, 0.4) is 0 Å². The zero-order valence-electron chi connectivity index (χ0n) is 18.8. The van der Waals surface area contributed by atoms with Gasteiger partial charge in [-0.25, -0.2) is 4.39 Å². The highest BCUT2D eigenvalue weighted by Crippen LogP contribution is 2.45. The second-order valence-electron chi connectivity index (χ2n) is 9.67. The summed E-state index contributed by atoms with van der Waals surface area (Å²) >= 11 is 0. The smallest absolute Gasteiger partial charge is 0.200 e. The van der Waals surface area contributed by atoms with Gasteiger partial charge in [0.2, 0.25) is 5.82 Å². The summed E-state index contributed by atoms with van der Waals surface area (Å²) in [6.07, 6.45) is 13.3. The number of aliphatic hydroxyl groups excluding tert-OH is 1. The minimum absolute atomic E-state index is 0.0125. The normalized spacial score (nSPS) is 28.3. The monoisotopic (exact) mass is 422 g/mol. The maximum absolute atomic E-state index is 14.6. The minimum atomic E-state index is -0.978. The third kappa shape index (κ3) is 5.75. The molecule has 0 spiro atoms. The van der Waals surface area contributed by atoms with Gasteiger partial charge < -0.3 is 9.84 Å². The van der Waals surface area contributed by atoms with Crippen LogP contribution in [0, 0.1) is 35.3 Å². The van der Waals surface area contributed by atoms with Crippen molar-refractivity contribution in [2.24, 2.45) is 23.7 Å². The fourth-order valence-corrected chi connectivity index (χ4v) is 5.73. The topological polar surface area (TPSA) is 29.5 Å². The molecule has 1 atom stereocenters. The standard InChI is InChI=1S/C26H40F2O2/c1-3-5-6-18-7-9-19(10-8-18)20-11-13-21(14-12-20)26(29)22-15-16-23(30-17-4-2)25(28)24(22)27/h15-16,18-21,26,29H,3-14,17H2,1-2H3. The number of hydrogen-bond acceptors (Lipinski definition) is 2. The summed E-state index contributed by atoms with van der Waals surface area (Å²) in [5.41, 5.74) is 0.0798. The van der Waals surface area contributed by atoms with Gasteiger partial charge in [-0.05, 0) is 80.8 Å². The second kappa shape index (κ2) is 11.5. The molecule has 1 unspecified atom stereocenters. The lowest BCUT2D eigenvalue weighted by atomic mass is 9.67. The van der Waals surface area contributed by atoms with Gasteiger partial charge in [0, 0.05) is 5.56 Å². The maximum atomic E-state index is 14.6. The number of hydrogen-bond donors (Lipinski definition) is 1. The predicted octanol–water partition coefficient (Wildman–Crippen LogP) is 7.59. The SMILES string of the molecule is CCCCC1CCC(C2CCC(C(O)c3ccc(OCCC)c(F)c3F)CC2)CC1. The minimum Gasteiger partial charge on any atom is -0.490 e. The highest BCUT2D eigenvalue weighted by Gasteiger charge is 2.34. The molecule has 0 aliphatic heterocycles. The van der Waals surface area contributed by atoms with Crippen LogP contribution >= 0.6 is 0 Å². The molecular formula is C26H40F2O2. The van der Waals surface area contributed by atoms with Crippen LogP contribution in [0.15, 0.2) is 12.1 Å². The Kier molecular flexibility index (Phi) is 8.98. The summed E-state index contributed by atoms with van der Waals surface area (Å²) in [6, 6.07) is 2.95. The van der Waals surface area contributed by atoms with Crippen molar-refractivity contribution in [1.82, 2.24) is 0 Å². The highest BCUT2D eigenvalue weighted by atomic mass is 19.2. The van der Waals surface area contributed by atoms with Gasteiger partial charge in [0.1, 0.15) is 0 Å². The van der Waals surface area contributed by atoms with E-state index in [1.807, 2.05) is 6.92 Å². The largest absolute Gasteiger partial charge is 0.490 e. The van der Waals surface area contributed by atoms with Crippen LogP contribution in [-0.2, 0) is 0 Å². The quantitative estimate of drug-likeness (QED) is 0.444. The van der Waals surface area contributed by atoms with Gasteiger partial charge in [-0.3, -0.25) is 0 Å². The van der Waals surface area contributed by atoms with Crippen LogP contribution in [0.2, 0.25) is 0 Å². The summed E-state index contributed by atoms with van der Waals surface area (Å²) in [6.45, 7) is 4.54. The predicted molar refractivity (Wildman–Crippen MR) is 118 cm³/mol. The lowest BCUT2D eigenvalue weighted by molar-refractivity contribution is 0.0534. The first-order chi connectivity index (χ1) is 14.5. The first kappa shape index (κ1) is 23.5. The average molecular weight is 423 g/mol. The van der Waals surface area contributed by atoms with Crippen LogP contribution in [-0.4, -0.2) is 11.7 Å². The van der Waals surface area contributed by atoms with Gasteiger partial charge in [0.15, 0.2) is 11.6 Å². The molecular weight excluding hydrogens is 382 g/mol. The molecule has 170 valence electrons. The molecule has 0 radical (unpaired) electrons. The first-order valence-corrected chi connectivity index (χ1v) is 12.3. The van der Waals surface area contributed by atoms with E-state index in [4.69, 9.17) is 4.74 Å². The lowest BCUT2D eigenvalue weighted by Crippen LogP contribution is -2.28. The number of rotatable bonds is 9. The van der Waals surface area contributed by atoms with E-state index in [1.54, 1.807) is 0 Å². The van der Waals surface area contributed by atoms with Crippen molar-refractivity contribution >= 4 is 0 Å². The Labute approximate surface area is 181 Å². The Morgan fingerprint density at radius 1 is 0.900 bits per heavy atom. The van der Waals surface area contributed by atoms with Gasteiger partial charge in [-0.15, -0.1) is 0 Å². The van der Waals surface area contributed by atoms with E-state index in [2.05, 4.69) is 6.92 Å². The van der Waals surface area contributed by atoms with Crippen molar-refractivity contribution in [3.8, 4) is 5.75 Å². The van der Waals surface area contributed by atoms with Crippen LogP contribution < -0.4 is 4.74 Å². The third-order valence-electron chi connectivity index (χ3n) is 7.64. The van der Waals surface area contributed by atoms with Gasteiger partial charge in [-0.1, -0.05) is 46.0 Å². The molecule has 1 N–H and O–H groups in total. The van der Waals surface area contributed by atoms with E-state index < -0.39 is 17.7 Å². The van der Waals surface area contributed by atoms with E-state index in [9.17, 15) is 13.9 Å². The molecule has 2 aliphatic carbocycles. The molecule has 0 aromatic heterocycles. The van der Waals surface area contributed by atoms with Crippen molar-refractivity contribution in [3.63, 3.8) is 0 Å². The van der Waals surface area contributed by atoms with Crippen LogP contribution in [0.4, 0.5) is 8.78 Å². The molecule has 0 amide bonds. The van der Waals surface area contributed by atoms with Crippen molar-refractivity contribution in [2.45, 2.75) is 97.0 Å². The Morgan fingerprint density at radius 3 is 2.13 bits per heavy atom. The van der Waals surface area contributed by atoms with Crippen molar-refractivity contribution in [1.29, 1.82) is 0 Å². The van der Waals surface area contributed by atoms with Gasteiger partial charge >= 0.3 is 0 Å². The second-order valence-corrected chi connectivity index (χ2v) is 9.67. The summed E-state index contributed by atoms with van der Waals surface area (Å²) < 4.78 is 34.1. The Bertz CT molecular complexity index is 647. The molecule has 2 saturated carbocycles. The zero-order valence-corrected chi connectivity index (χ0v) is 18.8. The molecule has 2 nitrogen and oxygen atoms in total. The van der Waals surface area contributed by atoms with Crippen molar-refractivity contribution < 1.29 is 18.6 Å². The van der Waals surface area contributed by atoms with Crippen molar-refractivity contribution in [3.05, 3.63) is 29.3 Å². The highest BCUT2D eigenvalue weighted by molar-refractivity contribution is 5.32. The molecule has 0 bridgehead atoms. The summed E-state index contributed by atoms with van der Waals surface area (Å²) in [5, 5.41) is 10.8. The molecule has 1 aromatic carbocycles. The zero-order chi connectivity index (χ0) is 21.5. The van der Waals surface area contributed by atoms with Gasteiger partial charge in [-0.2, -0.15) is 4.39 Å². The first-order valence-electron chi connectivity index (χ1n) is 12.3. The number of halogens is 2. The molecule has 30 heavy (non-hydrogen) atoms. The Balaban J connectivity index is 1.51. The van der Waals surface area contributed by atoms with Crippen molar-refractivity contribution in [2.75, 3.05) is 6.61 Å². The van der Waals surface area contributed by atoms with E-state index in [1.165, 1.54) is 57.1 Å². The average Bonchev–Trinajstić information content (AvgIpc) is 2.79. The van der Waals surface area contributed by atoms with Crippen LogP contribution in [0.25, 0.3) is 0 Å². The summed E-state index contributed by atoms with van der Waals surface area (Å²) in [7, 11) is 0. The van der Waals surface area contributed by atoms with Gasteiger partial charge in [0.05, 0.1) is 12.7 Å².